The van der Waals surface area contributed by atoms with Gasteiger partial charge < -0.3 is 14.6 Å². The highest BCUT2D eigenvalue weighted by Crippen LogP contribution is 2.40. The standard InChI is InChI=1S/C21H18ClNO4/c1-26-16-9-11-20(27-2)19(13-16)23(21(24)25)18-10-8-15(12-17(18)22)14-6-4-3-5-7-14/h3-13H,1-2H3,(H,24,25). The van der Waals surface area contributed by atoms with Crippen molar-refractivity contribution in [2.45, 2.75) is 0 Å². The molecular weight excluding hydrogens is 366 g/mol. The smallest absolute Gasteiger partial charge is 0.416 e. The number of halogens is 1. The predicted molar refractivity (Wildman–Crippen MR) is 107 cm³/mol. The van der Waals surface area contributed by atoms with Crippen LogP contribution in [0, 0.1) is 0 Å². The molecule has 0 aromatic heterocycles. The number of carbonyl (C=O) groups is 1. The normalized spacial score (nSPS) is 10.3. The summed E-state index contributed by atoms with van der Waals surface area (Å²) in [4.78, 5) is 13.1. The fraction of sp³-hybridized carbons (Fsp3) is 0.0952. The molecule has 0 saturated heterocycles. The van der Waals surface area contributed by atoms with Crippen LogP contribution in [0.3, 0.4) is 0 Å². The van der Waals surface area contributed by atoms with Gasteiger partial charge in [0.15, 0.2) is 0 Å². The van der Waals surface area contributed by atoms with E-state index in [1.807, 2.05) is 36.4 Å². The number of amides is 1. The van der Waals surface area contributed by atoms with Gasteiger partial charge in [0.2, 0.25) is 0 Å². The fourth-order valence-corrected chi connectivity index (χ4v) is 3.07. The molecule has 0 atom stereocenters. The first kappa shape index (κ1) is 18.6. The molecule has 5 nitrogen and oxygen atoms in total. The van der Waals surface area contributed by atoms with E-state index in [1.54, 1.807) is 30.3 Å². The quantitative estimate of drug-likeness (QED) is 0.601. The fourth-order valence-electron chi connectivity index (χ4n) is 2.81. The van der Waals surface area contributed by atoms with E-state index in [1.165, 1.54) is 14.2 Å². The van der Waals surface area contributed by atoms with Crippen LogP contribution >= 0.6 is 11.6 Å². The Labute approximate surface area is 162 Å². The Kier molecular flexibility index (Phi) is 5.52. The monoisotopic (exact) mass is 383 g/mol. The van der Waals surface area contributed by atoms with Crippen LogP contribution < -0.4 is 14.4 Å². The molecule has 0 spiro atoms. The summed E-state index contributed by atoms with van der Waals surface area (Å²) in [6.45, 7) is 0. The highest BCUT2D eigenvalue weighted by molar-refractivity contribution is 6.34. The Morgan fingerprint density at radius 2 is 1.63 bits per heavy atom. The molecule has 0 saturated carbocycles. The predicted octanol–water partition coefficient (Wildman–Crippen LogP) is 5.84. The molecule has 0 aliphatic carbocycles. The van der Waals surface area contributed by atoms with Crippen LogP contribution in [0.4, 0.5) is 16.2 Å². The van der Waals surface area contributed by atoms with Crippen molar-refractivity contribution in [1.29, 1.82) is 0 Å². The van der Waals surface area contributed by atoms with Crippen LogP contribution in [0.1, 0.15) is 0 Å². The molecule has 3 rings (SSSR count). The molecule has 138 valence electrons. The van der Waals surface area contributed by atoms with Crippen molar-refractivity contribution in [3.8, 4) is 22.6 Å². The van der Waals surface area contributed by atoms with E-state index in [0.29, 0.717) is 27.9 Å². The van der Waals surface area contributed by atoms with E-state index >= 15 is 0 Å². The summed E-state index contributed by atoms with van der Waals surface area (Å²) in [5, 5.41) is 10.2. The Hall–Kier alpha value is -3.18. The summed E-state index contributed by atoms with van der Waals surface area (Å²) in [5.41, 5.74) is 2.54. The Morgan fingerprint density at radius 3 is 2.22 bits per heavy atom. The average molecular weight is 384 g/mol. The molecule has 1 amide bonds. The van der Waals surface area contributed by atoms with Gasteiger partial charge in [-0.2, -0.15) is 0 Å². The lowest BCUT2D eigenvalue weighted by molar-refractivity contribution is 0.204. The minimum absolute atomic E-state index is 0.309. The number of rotatable bonds is 5. The summed E-state index contributed by atoms with van der Waals surface area (Å²) in [6, 6.07) is 19.9. The summed E-state index contributed by atoms with van der Waals surface area (Å²) < 4.78 is 10.5. The van der Waals surface area contributed by atoms with Gasteiger partial charge in [-0.25, -0.2) is 9.69 Å². The number of benzene rings is 3. The van der Waals surface area contributed by atoms with Crippen LogP contribution in [-0.4, -0.2) is 25.4 Å². The average Bonchev–Trinajstić information content (AvgIpc) is 2.69. The van der Waals surface area contributed by atoms with Crippen molar-refractivity contribution in [2.75, 3.05) is 19.1 Å². The zero-order valence-electron chi connectivity index (χ0n) is 14.8. The topological polar surface area (TPSA) is 59.0 Å². The highest BCUT2D eigenvalue weighted by atomic mass is 35.5. The van der Waals surface area contributed by atoms with Gasteiger partial charge in [-0.3, -0.25) is 0 Å². The molecule has 0 aliphatic heterocycles. The number of ether oxygens (including phenoxy) is 2. The number of hydrogen-bond donors (Lipinski definition) is 1. The molecule has 0 radical (unpaired) electrons. The molecule has 0 fully saturated rings. The van der Waals surface area contributed by atoms with E-state index in [4.69, 9.17) is 21.1 Å². The first-order chi connectivity index (χ1) is 13.0. The molecule has 3 aromatic carbocycles. The van der Waals surface area contributed by atoms with Gasteiger partial charge >= 0.3 is 6.09 Å². The second-order valence-electron chi connectivity index (χ2n) is 5.69. The van der Waals surface area contributed by atoms with Gasteiger partial charge in [-0.15, -0.1) is 0 Å². The largest absolute Gasteiger partial charge is 0.497 e. The first-order valence-electron chi connectivity index (χ1n) is 8.15. The first-order valence-corrected chi connectivity index (χ1v) is 8.53. The van der Waals surface area contributed by atoms with Gasteiger partial charge in [0.05, 0.1) is 30.6 Å². The molecule has 27 heavy (non-hydrogen) atoms. The summed E-state index contributed by atoms with van der Waals surface area (Å²) >= 11 is 6.46. The van der Waals surface area contributed by atoms with Crippen molar-refractivity contribution < 1.29 is 19.4 Å². The van der Waals surface area contributed by atoms with Gasteiger partial charge in [-0.1, -0.05) is 48.0 Å². The van der Waals surface area contributed by atoms with Crippen LogP contribution in [0.25, 0.3) is 11.1 Å². The van der Waals surface area contributed by atoms with Crippen molar-refractivity contribution in [3.05, 3.63) is 71.8 Å². The molecule has 0 heterocycles. The van der Waals surface area contributed by atoms with E-state index in [9.17, 15) is 9.90 Å². The second kappa shape index (κ2) is 8.01. The lowest BCUT2D eigenvalue weighted by Gasteiger charge is -2.23. The number of hydrogen-bond acceptors (Lipinski definition) is 3. The van der Waals surface area contributed by atoms with Crippen molar-refractivity contribution in [2.24, 2.45) is 0 Å². The summed E-state index contributed by atoms with van der Waals surface area (Å²) in [5.74, 6) is 0.899. The lowest BCUT2D eigenvalue weighted by Crippen LogP contribution is -2.24. The van der Waals surface area contributed by atoms with Crippen LogP contribution in [-0.2, 0) is 0 Å². The van der Waals surface area contributed by atoms with Gasteiger partial charge in [-0.05, 0) is 35.4 Å². The Balaban J connectivity index is 2.10. The van der Waals surface area contributed by atoms with E-state index in [2.05, 4.69) is 0 Å². The highest BCUT2D eigenvalue weighted by Gasteiger charge is 2.24. The number of methoxy groups -OCH3 is 2. The van der Waals surface area contributed by atoms with Crippen molar-refractivity contribution >= 4 is 29.1 Å². The Morgan fingerprint density at radius 1 is 0.889 bits per heavy atom. The van der Waals surface area contributed by atoms with Crippen LogP contribution in [0.5, 0.6) is 11.5 Å². The van der Waals surface area contributed by atoms with Crippen LogP contribution in [0.2, 0.25) is 5.02 Å². The molecule has 0 aliphatic rings. The third kappa shape index (κ3) is 3.83. The third-order valence-electron chi connectivity index (χ3n) is 4.11. The summed E-state index contributed by atoms with van der Waals surface area (Å²) in [6.07, 6.45) is -1.18. The zero-order chi connectivity index (χ0) is 19.4. The van der Waals surface area contributed by atoms with E-state index in [0.717, 1.165) is 16.0 Å². The molecule has 1 N–H and O–H groups in total. The SMILES string of the molecule is COc1ccc(OC)c(N(C(=O)O)c2ccc(-c3ccccc3)cc2Cl)c1. The van der Waals surface area contributed by atoms with E-state index < -0.39 is 6.09 Å². The lowest BCUT2D eigenvalue weighted by atomic mass is 10.1. The maximum atomic E-state index is 12.0. The molecule has 3 aromatic rings. The minimum atomic E-state index is -1.18. The zero-order valence-corrected chi connectivity index (χ0v) is 15.6. The van der Waals surface area contributed by atoms with Crippen molar-refractivity contribution in [3.63, 3.8) is 0 Å². The number of carboxylic acid groups (broad SMARTS) is 1. The summed E-state index contributed by atoms with van der Waals surface area (Å²) in [7, 11) is 2.99. The Bertz CT molecular complexity index is 960. The second-order valence-corrected chi connectivity index (χ2v) is 6.10. The van der Waals surface area contributed by atoms with Gasteiger partial charge in [0.25, 0.3) is 0 Å². The number of anilines is 2. The third-order valence-corrected chi connectivity index (χ3v) is 4.42. The minimum Gasteiger partial charge on any atom is -0.497 e. The molecular formula is C21H18ClNO4. The van der Waals surface area contributed by atoms with Gasteiger partial charge in [0.1, 0.15) is 11.5 Å². The van der Waals surface area contributed by atoms with Crippen molar-refractivity contribution in [1.82, 2.24) is 0 Å². The molecule has 0 unspecified atom stereocenters. The molecule has 0 bridgehead atoms. The van der Waals surface area contributed by atoms with E-state index in [-0.39, 0.29) is 0 Å². The maximum Gasteiger partial charge on any atom is 0.416 e. The van der Waals surface area contributed by atoms with Gasteiger partial charge in [0, 0.05) is 6.07 Å². The molecule has 6 heteroatoms. The number of nitrogens with zero attached hydrogens (tertiary/aromatic N) is 1. The van der Waals surface area contributed by atoms with Crippen LogP contribution in [0.15, 0.2) is 66.7 Å². The maximum absolute atomic E-state index is 12.0.